The van der Waals surface area contributed by atoms with Gasteiger partial charge in [-0.1, -0.05) is 0 Å². The summed E-state index contributed by atoms with van der Waals surface area (Å²) >= 11 is 1.54. The smallest absolute Gasteiger partial charge is 0.221 e. The van der Waals surface area contributed by atoms with Crippen LogP contribution in [0.4, 0.5) is 17.1 Å². The zero-order valence-electron chi connectivity index (χ0n) is 11.4. The zero-order chi connectivity index (χ0) is 14.5. The molecule has 5 nitrogen and oxygen atoms in total. The highest BCUT2D eigenvalue weighted by Gasteiger charge is 2.14. The van der Waals surface area contributed by atoms with E-state index in [4.69, 9.17) is 0 Å². The largest absolute Gasteiger partial charge is 0.383 e. The summed E-state index contributed by atoms with van der Waals surface area (Å²) in [7, 11) is 0. The lowest BCUT2D eigenvalue weighted by Gasteiger charge is -2.14. The van der Waals surface area contributed by atoms with Crippen LogP contribution >= 0.6 is 11.3 Å². The van der Waals surface area contributed by atoms with E-state index < -0.39 is 0 Å². The van der Waals surface area contributed by atoms with Gasteiger partial charge in [-0.05, 0) is 25.8 Å². The molecule has 2 rings (SSSR count). The fraction of sp³-hybridized carbons (Fsp3) is 0.214. The van der Waals surface area contributed by atoms with Crippen LogP contribution in [-0.2, 0) is 4.79 Å². The Morgan fingerprint density at radius 3 is 2.85 bits per heavy atom. The molecular formula is C14H16N4OS. The molecule has 0 saturated carbocycles. The van der Waals surface area contributed by atoms with Crippen LogP contribution in [0.3, 0.4) is 0 Å². The van der Waals surface area contributed by atoms with Crippen LogP contribution in [-0.4, -0.2) is 24.2 Å². The number of carbonyl (C=O) groups excluding carboxylic acids is 1. The summed E-state index contributed by atoms with van der Waals surface area (Å²) in [5, 5.41) is 8.85. The van der Waals surface area contributed by atoms with E-state index in [-0.39, 0.29) is 5.91 Å². The normalized spacial score (nSPS) is 10.1. The Morgan fingerprint density at radius 1 is 1.50 bits per heavy atom. The molecule has 0 radical (unpaired) electrons. The molecule has 1 aromatic carbocycles. The number of aromatic nitrogens is 1. The maximum absolute atomic E-state index is 11.2. The van der Waals surface area contributed by atoms with Gasteiger partial charge in [0.15, 0.2) is 0 Å². The van der Waals surface area contributed by atoms with Crippen LogP contribution in [0.1, 0.15) is 13.8 Å². The third-order valence-electron chi connectivity index (χ3n) is 2.62. The van der Waals surface area contributed by atoms with Gasteiger partial charge in [0.05, 0.1) is 11.4 Å². The molecule has 0 spiro atoms. The number of nitrogens with zero attached hydrogens (tertiary/aromatic N) is 2. The van der Waals surface area contributed by atoms with Gasteiger partial charge in [-0.15, -0.1) is 11.3 Å². The molecule has 6 heteroatoms. The van der Waals surface area contributed by atoms with Crippen molar-refractivity contribution in [2.45, 2.75) is 13.8 Å². The number of hydrogen-bond donors (Lipinski definition) is 2. The molecule has 0 saturated heterocycles. The lowest BCUT2D eigenvalue weighted by molar-refractivity contribution is -0.114. The van der Waals surface area contributed by atoms with Gasteiger partial charge in [0.2, 0.25) is 5.91 Å². The van der Waals surface area contributed by atoms with Crippen molar-refractivity contribution in [3.63, 3.8) is 0 Å². The summed E-state index contributed by atoms with van der Waals surface area (Å²) < 4.78 is 0. The standard InChI is InChI=1S/C14H16N4OS/c1-4-16-13-11(14-17-5-6-20-14)7-10(18-9(2)19)8-12(13)15-3/h5-8,16H,3-4H2,1-2H3,(H,18,19). The summed E-state index contributed by atoms with van der Waals surface area (Å²) in [6.45, 7) is 7.85. The number of anilines is 2. The minimum atomic E-state index is -0.124. The van der Waals surface area contributed by atoms with Gasteiger partial charge in [-0.3, -0.25) is 9.79 Å². The monoisotopic (exact) mass is 288 g/mol. The zero-order valence-corrected chi connectivity index (χ0v) is 12.3. The quantitative estimate of drug-likeness (QED) is 0.827. The Kier molecular flexibility index (Phi) is 4.47. The van der Waals surface area contributed by atoms with Crippen LogP contribution in [0.2, 0.25) is 0 Å². The van der Waals surface area contributed by atoms with E-state index in [0.717, 1.165) is 22.8 Å². The van der Waals surface area contributed by atoms with Crippen molar-refractivity contribution in [2.75, 3.05) is 17.2 Å². The van der Waals surface area contributed by atoms with Crippen LogP contribution in [0.15, 0.2) is 28.7 Å². The Balaban J connectivity index is 2.60. The summed E-state index contributed by atoms with van der Waals surface area (Å²) in [4.78, 5) is 19.6. The van der Waals surface area contributed by atoms with Crippen LogP contribution in [0, 0.1) is 0 Å². The van der Waals surface area contributed by atoms with Crippen molar-refractivity contribution in [3.8, 4) is 10.6 Å². The molecule has 0 bridgehead atoms. The molecule has 0 fully saturated rings. The van der Waals surface area contributed by atoms with Gasteiger partial charge in [0.25, 0.3) is 0 Å². The minimum Gasteiger partial charge on any atom is -0.383 e. The van der Waals surface area contributed by atoms with E-state index in [2.05, 4.69) is 27.3 Å². The van der Waals surface area contributed by atoms with Gasteiger partial charge in [0.1, 0.15) is 5.01 Å². The molecular weight excluding hydrogens is 272 g/mol. The van der Waals surface area contributed by atoms with E-state index >= 15 is 0 Å². The predicted octanol–water partition coefficient (Wildman–Crippen LogP) is 3.53. The third-order valence-corrected chi connectivity index (χ3v) is 3.43. The SMILES string of the molecule is C=Nc1cc(NC(C)=O)cc(-c2nccs2)c1NCC. The number of amides is 1. The lowest BCUT2D eigenvalue weighted by atomic mass is 10.1. The molecule has 0 aliphatic rings. The van der Waals surface area contributed by atoms with E-state index in [1.807, 2.05) is 18.4 Å². The first kappa shape index (κ1) is 14.2. The van der Waals surface area contributed by atoms with Gasteiger partial charge in [-0.25, -0.2) is 4.98 Å². The van der Waals surface area contributed by atoms with Crippen molar-refractivity contribution >= 4 is 41.0 Å². The van der Waals surface area contributed by atoms with Gasteiger partial charge >= 0.3 is 0 Å². The Morgan fingerprint density at radius 2 is 2.30 bits per heavy atom. The number of benzene rings is 1. The van der Waals surface area contributed by atoms with Crippen molar-refractivity contribution in [1.82, 2.24) is 4.98 Å². The first-order valence-electron chi connectivity index (χ1n) is 6.21. The number of aliphatic imine (C=N–C) groups is 1. The first-order valence-corrected chi connectivity index (χ1v) is 7.09. The molecule has 0 atom stereocenters. The summed E-state index contributed by atoms with van der Waals surface area (Å²) in [6.07, 6.45) is 1.75. The fourth-order valence-electron chi connectivity index (χ4n) is 1.91. The topological polar surface area (TPSA) is 66.4 Å². The second kappa shape index (κ2) is 6.29. The highest BCUT2D eigenvalue weighted by molar-refractivity contribution is 7.13. The molecule has 2 N–H and O–H groups in total. The van der Waals surface area contributed by atoms with E-state index in [0.29, 0.717) is 11.4 Å². The molecule has 1 heterocycles. The second-order valence-electron chi connectivity index (χ2n) is 4.12. The maximum Gasteiger partial charge on any atom is 0.221 e. The molecule has 0 aliphatic heterocycles. The fourth-order valence-corrected chi connectivity index (χ4v) is 2.57. The van der Waals surface area contributed by atoms with Gasteiger partial charge in [0, 0.05) is 36.3 Å². The molecule has 1 amide bonds. The molecule has 104 valence electrons. The Bertz CT molecular complexity index is 622. The van der Waals surface area contributed by atoms with Gasteiger partial charge in [-0.2, -0.15) is 0 Å². The van der Waals surface area contributed by atoms with Crippen LogP contribution in [0.25, 0.3) is 10.6 Å². The van der Waals surface area contributed by atoms with Crippen molar-refractivity contribution < 1.29 is 4.79 Å². The number of thiazole rings is 1. The summed E-state index contributed by atoms with van der Waals surface area (Å²) in [6, 6.07) is 3.69. The van der Waals surface area contributed by atoms with E-state index in [1.165, 1.54) is 18.3 Å². The number of nitrogens with one attached hydrogen (secondary N) is 2. The average molecular weight is 288 g/mol. The lowest BCUT2D eigenvalue weighted by Crippen LogP contribution is -2.07. The van der Waals surface area contributed by atoms with Gasteiger partial charge < -0.3 is 10.6 Å². The highest BCUT2D eigenvalue weighted by Crippen LogP contribution is 2.39. The van der Waals surface area contributed by atoms with Crippen LogP contribution < -0.4 is 10.6 Å². The first-order chi connectivity index (χ1) is 9.65. The highest BCUT2D eigenvalue weighted by atomic mass is 32.1. The average Bonchev–Trinajstić information content (AvgIpc) is 2.93. The molecule has 0 aliphatic carbocycles. The second-order valence-corrected chi connectivity index (χ2v) is 5.02. The predicted molar refractivity (Wildman–Crippen MR) is 85.2 cm³/mol. The maximum atomic E-state index is 11.2. The van der Waals surface area contributed by atoms with Crippen LogP contribution in [0.5, 0.6) is 0 Å². The molecule has 20 heavy (non-hydrogen) atoms. The Labute approximate surface area is 121 Å². The summed E-state index contributed by atoms with van der Waals surface area (Å²) in [5.74, 6) is -0.124. The van der Waals surface area contributed by atoms with E-state index in [9.17, 15) is 4.79 Å². The molecule has 0 unspecified atom stereocenters. The van der Waals surface area contributed by atoms with Crippen molar-refractivity contribution in [2.24, 2.45) is 4.99 Å². The number of carbonyl (C=O) groups is 1. The molecule has 1 aromatic heterocycles. The third kappa shape index (κ3) is 3.03. The Hall–Kier alpha value is -2.21. The van der Waals surface area contributed by atoms with Crippen molar-refractivity contribution in [3.05, 3.63) is 23.7 Å². The van der Waals surface area contributed by atoms with E-state index in [1.54, 1.807) is 12.3 Å². The number of hydrogen-bond acceptors (Lipinski definition) is 5. The molecule has 2 aromatic rings. The summed E-state index contributed by atoms with van der Waals surface area (Å²) in [5.41, 5.74) is 3.18. The minimum absolute atomic E-state index is 0.124. The van der Waals surface area contributed by atoms with Crippen molar-refractivity contribution in [1.29, 1.82) is 0 Å². The number of rotatable bonds is 5.